The van der Waals surface area contributed by atoms with Crippen LogP contribution in [0.15, 0.2) is 116 Å². The lowest BCUT2D eigenvalue weighted by Gasteiger charge is -2.25. The molecule has 0 saturated heterocycles. The van der Waals surface area contributed by atoms with Gasteiger partial charge in [0.25, 0.3) is 0 Å². The van der Waals surface area contributed by atoms with Crippen molar-refractivity contribution in [3.63, 3.8) is 0 Å². The molecule has 0 aromatic heterocycles. The van der Waals surface area contributed by atoms with Gasteiger partial charge in [-0.3, -0.25) is 0 Å². The highest BCUT2D eigenvalue weighted by Gasteiger charge is 2.11. The van der Waals surface area contributed by atoms with E-state index in [0.717, 1.165) is 33.8 Å². The molecule has 4 rings (SSSR count). The summed E-state index contributed by atoms with van der Waals surface area (Å²) in [6.07, 6.45) is 3.73. The standard InChI is InChI=1S/C29H22N2/c1-3-23-14-18-25(19-15-23)29(30-2)22-24-16-20-28(21-17-24)31(26-10-6-4-7-11-26)27-12-8-5-9-13-27/h3-22H,1H2. The largest absolute Gasteiger partial charge is 0.311 e. The summed E-state index contributed by atoms with van der Waals surface area (Å²) in [5.74, 6) is 0. The molecule has 0 aliphatic rings. The minimum absolute atomic E-state index is 0.617. The van der Waals surface area contributed by atoms with Gasteiger partial charge >= 0.3 is 0 Å². The number of rotatable bonds is 6. The lowest BCUT2D eigenvalue weighted by Crippen LogP contribution is -2.09. The zero-order valence-electron chi connectivity index (χ0n) is 17.1. The second kappa shape index (κ2) is 9.43. The van der Waals surface area contributed by atoms with Crippen molar-refractivity contribution >= 4 is 34.9 Å². The first-order valence-corrected chi connectivity index (χ1v) is 10.1. The van der Waals surface area contributed by atoms with Crippen LogP contribution in [-0.2, 0) is 0 Å². The third-order valence-electron chi connectivity index (χ3n) is 5.05. The van der Waals surface area contributed by atoms with Gasteiger partial charge in [0.1, 0.15) is 0 Å². The SMILES string of the molecule is [C-]#[N+]C(=Cc1ccc(N(c2ccccc2)c2ccccc2)cc1)c1ccc(C=C)cc1. The minimum atomic E-state index is 0.617. The zero-order chi connectivity index (χ0) is 21.5. The van der Waals surface area contributed by atoms with Gasteiger partial charge in [-0.25, -0.2) is 4.85 Å². The first-order chi connectivity index (χ1) is 15.3. The van der Waals surface area contributed by atoms with Gasteiger partial charge in [-0.15, -0.1) is 0 Å². The summed E-state index contributed by atoms with van der Waals surface area (Å²) in [5.41, 5.74) is 6.81. The molecule has 0 atom stereocenters. The summed E-state index contributed by atoms with van der Waals surface area (Å²) in [4.78, 5) is 5.96. The number of hydrogen-bond acceptors (Lipinski definition) is 1. The third kappa shape index (κ3) is 4.63. The van der Waals surface area contributed by atoms with E-state index in [9.17, 15) is 0 Å². The highest BCUT2D eigenvalue weighted by molar-refractivity contribution is 5.86. The van der Waals surface area contributed by atoms with E-state index in [4.69, 9.17) is 6.57 Å². The van der Waals surface area contributed by atoms with E-state index in [1.165, 1.54) is 0 Å². The minimum Gasteiger partial charge on any atom is -0.311 e. The molecule has 0 heterocycles. The number of benzene rings is 4. The molecule has 0 aliphatic carbocycles. The Balaban J connectivity index is 1.67. The maximum atomic E-state index is 7.61. The van der Waals surface area contributed by atoms with E-state index in [-0.39, 0.29) is 0 Å². The number of nitrogens with zero attached hydrogens (tertiary/aromatic N) is 2. The molecule has 2 heteroatoms. The average molecular weight is 399 g/mol. The van der Waals surface area contributed by atoms with Crippen molar-refractivity contribution < 1.29 is 0 Å². The number of hydrogen-bond donors (Lipinski definition) is 0. The van der Waals surface area contributed by atoms with Crippen LogP contribution in [-0.4, -0.2) is 0 Å². The van der Waals surface area contributed by atoms with Crippen molar-refractivity contribution in [3.8, 4) is 0 Å². The lowest BCUT2D eigenvalue weighted by molar-refractivity contribution is 1.28. The van der Waals surface area contributed by atoms with Crippen LogP contribution in [0.5, 0.6) is 0 Å². The molecule has 0 N–H and O–H groups in total. The Morgan fingerprint density at radius 3 is 1.61 bits per heavy atom. The Hall–Kier alpha value is -4.35. The van der Waals surface area contributed by atoms with Gasteiger partial charge in [-0.05, 0) is 59.2 Å². The van der Waals surface area contributed by atoms with Crippen LogP contribution in [0.3, 0.4) is 0 Å². The molecule has 31 heavy (non-hydrogen) atoms. The van der Waals surface area contributed by atoms with E-state index >= 15 is 0 Å². The van der Waals surface area contributed by atoms with Crippen LogP contribution in [0, 0.1) is 6.57 Å². The highest BCUT2D eigenvalue weighted by Crippen LogP contribution is 2.34. The van der Waals surface area contributed by atoms with Gasteiger partial charge in [0.05, 0.1) is 6.57 Å². The molecule has 4 aromatic carbocycles. The molecule has 0 unspecified atom stereocenters. The molecule has 0 radical (unpaired) electrons. The van der Waals surface area contributed by atoms with Crippen molar-refractivity contribution in [2.24, 2.45) is 0 Å². The normalized spacial score (nSPS) is 10.9. The quantitative estimate of drug-likeness (QED) is 0.234. The molecule has 0 fully saturated rings. The van der Waals surface area contributed by atoms with Crippen LogP contribution in [0.1, 0.15) is 16.7 Å². The van der Waals surface area contributed by atoms with Crippen LogP contribution >= 0.6 is 0 Å². The van der Waals surface area contributed by atoms with Gasteiger partial charge < -0.3 is 4.90 Å². The van der Waals surface area contributed by atoms with Crippen LogP contribution < -0.4 is 4.90 Å². The van der Waals surface area contributed by atoms with Gasteiger partial charge in [-0.2, -0.15) is 0 Å². The molecular weight excluding hydrogens is 376 g/mol. The van der Waals surface area contributed by atoms with Gasteiger partial charge in [0, 0.05) is 17.1 Å². The summed E-state index contributed by atoms with van der Waals surface area (Å²) in [6.45, 7) is 11.4. The first-order valence-electron chi connectivity index (χ1n) is 10.1. The van der Waals surface area contributed by atoms with E-state index in [2.05, 4.69) is 64.9 Å². The number of anilines is 3. The van der Waals surface area contributed by atoms with E-state index in [1.54, 1.807) is 6.08 Å². The second-order valence-corrected chi connectivity index (χ2v) is 7.07. The molecule has 2 nitrogen and oxygen atoms in total. The molecular formula is C29H22N2. The maximum Gasteiger partial charge on any atom is 0.194 e. The van der Waals surface area contributed by atoms with Crippen molar-refractivity contribution in [1.29, 1.82) is 0 Å². The molecule has 148 valence electrons. The Bertz CT molecular complexity index is 1170. The molecule has 0 amide bonds. The topological polar surface area (TPSA) is 7.60 Å². The Morgan fingerprint density at radius 1 is 0.645 bits per heavy atom. The summed E-state index contributed by atoms with van der Waals surface area (Å²) < 4.78 is 0. The van der Waals surface area contributed by atoms with Gasteiger partial charge in [0.2, 0.25) is 0 Å². The summed E-state index contributed by atoms with van der Waals surface area (Å²) in [6, 6.07) is 36.8. The van der Waals surface area contributed by atoms with E-state index in [0.29, 0.717) is 5.70 Å². The molecule has 4 aromatic rings. The Labute approximate surface area is 183 Å². The monoisotopic (exact) mass is 398 g/mol. The highest BCUT2D eigenvalue weighted by atomic mass is 15.1. The van der Waals surface area contributed by atoms with Gasteiger partial charge in [-0.1, -0.05) is 85.5 Å². The predicted molar refractivity (Wildman–Crippen MR) is 132 cm³/mol. The van der Waals surface area contributed by atoms with Crippen LogP contribution in [0.2, 0.25) is 0 Å². The van der Waals surface area contributed by atoms with Crippen molar-refractivity contribution in [2.75, 3.05) is 4.90 Å². The summed E-state index contributed by atoms with van der Waals surface area (Å²) in [5, 5.41) is 0. The van der Waals surface area contributed by atoms with Gasteiger partial charge in [0.15, 0.2) is 5.70 Å². The fourth-order valence-corrected chi connectivity index (χ4v) is 3.45. The second-order valence-electron chi connectivity index (χ2n) is 7.07. The lowest BCUT2D eigenvalue weighted by atomic mass is 10.1. The van der Waals surface area contributed by atoms with Crippen molar-refractivity contribution in [2.45, 2.75) is 0 Å². The molecule has 0 spiro atoms. The Kier molecular flexibility index (Phi) is 6.07. The van der Waals surface area contributed by atoms with Crippen LogP contribution in [0.4, 0.5) is 17.1 Å². The summed E-state index contributed by atoms with van der Waals surface area (Å²) in [7, 11) is 0. The van der Waals surface area contributed by atoms with E-state index in [1.807, 2.05) is 66.7 Å². The van der Waals surface area contributed by atoms with Crippen molar-refractivity contribution in [1.82, 2.24) is 0 Å². The Morgan fingerprint density at radius 2 is 1.13 bits per heavy atom. The molecule has 0 bridgehead atoms. The third-order valence-corrected chi connectivity index (χ3v) is 5.05. The fourth-order valence-electron chi connectivity index (χ4n) is 3.45. The molecule has 0 aliphatic heterocycles. The average Bonchev–Trinajstić information content (AvgIpc) is 2.85. The zero-order valence-corrected chi connectivity index (χ0v) is 17.1. The summed E-state index contributed by atoms with van der Waals surface area (Å²) >= 11 is 0. The first kappa shape index (κ1) is 19.9. The van der Waals surface area contributed by atoms with Crippen molar-refractivity contribution in [3.05, 3.63) is 144 Å². The van der Waals surface area contributed by atoms with E-state index < -0.39 is 0 Å². The maximum absolute atomic E-state index is 7.61. The van der Waals surface area contributed by atoms with Crippen LogP contribution in [0.25, 0.3) is 22.7 Å². The molecule has 0 saturated carbocycles. The number of para-hydroxylation sites is 2. The predicted octanol–water partition coefficient (Wildman–Crippen LogP) is 8.22. The fraction of sp³-hybridized carbons (Fsp3) is 0. The smallest absolute Gasteiger partial charge is 0.194 e.